The summed E-state index contributed by atoms with van der Waals surface area (Å²) in [6.07, 6.45) is 1.53. The number of halogens is 1. The summed E-state index contributed by atoms with van der Waals surface area (Å²) in [4.78, 5) is 29.5. The molecule has 0 atom stereocenters. The lowest BCUT2D eigenvalue weighted by atomic mass is 10.3. The summed E-state index contributed by atoms with van der Waals surface area (Å²) in [7, 11) is 1.77. The van der Waals surface area contributed by atoms with Crippen LogP contribution in [0.1, 0.15) is 12.6 Å². The molecule has 2 rings (SSSR count). The second-order valence-corrected chi connectivity index (χ2v) is 5.07. The molecule has 0 unspecified atom stereocenters. The van der Waals surface area contributed by atoms with Gasteiger partial charge in [-0.25, -0.2) is 4.98 Å². The molecule has 0 bridgehead atoms. The van der Waals surface area contributed by atoms with Crippen LogP contribution in [0, 0.1) is 0 Å². The van der Waals surface area contributed by atoms with Crippen LogP contribution in [-0.2, 0) is 16.1 Å². The molecular weight excluding hydrogens is 294 g/mol. The van der Waals surface area contributed by atoms with E-state index < -0.39 is 0 Å². The number of fused-ring (bicyclic) bond motifs is 1. The number of ether oxygens (including phenoxy) is 1. The van der Waals surface area contributed by atoms with E-state index >= 15 is 0 Å². The van der Waals surface area contributed by atoms with Crippen molar-refractivity contribution in [2.75, 3.05) is 20.2 Å². The minimum absolute atomic E-state index is 0.148. The number of hydrogen-bond donors (Lipinski definition) is 0. The van der Waals surface area contributed by atoms with Crippen LogP contribution < -0.4 is 5.56 Å². The quantitative estimate of drug-likeness (QED) is 0.780. The van der Waals surface area contributed by atoms with Gasteiger partial charge in [-0.3, -0.25) is 18.9 Å². The maximum Gasteiger partial charge on any atom is 0.320 e. The first kappa shape index (κ1) is 15.5. The fourth-order valence-corrected chi connectivity index (χ4v) is 2.13. The smallest absolute Gasteiger partial charge is 0.320 e. The highest BCUT2D eigenvalue weighted by Crippen LogP contribution is 2.09. The Kier molecular flexibility index (Phi) is 4.93. The Morgan fingerprint density at radius 3 is 2.95 bits per heavy atom. The van der Waals surface area contributed by atoms with Crippen molar-refractivity contribution in [3.8, 4) is 0 Å². The summed E-state index contributed by atoms with van der Waals surface area (Å²) in [6.45, 7) is 2.64. The van der Waals surface area contributed by atoms with Crippen molar-refractivity contribution in [1.29, 1.82) is 0 Å². The molecule has 0 aliphatic carbocycles. The molecule has 2 aromatic rings. The van der Waals surface area contributed by atoms with Crippen LogP contribution in [0.3, 0.4) is 0 Å². The van der Waals surface area contributed by atoms with Crippen molar-refractivity contribution in [2.24, 2.45) is 0 Å². The number of nitrogens with zero attached hydrogens (tertiary/aromatic N) is 3. The van der Waals surface area contributed by atoms with Crippen molar-refractivity contribution in [1.82, 2.24) is 14.3 Å². The molecule has 0 aromatic carbocycles. The lowest BCUT2D eigenvalue weighted by Crippen LogP contribution is -2.28. The first-order valence-corrected chi connectivity index (χ1v) is 6.89. The molecular formula is C14H16ClN3O3. The second kappa shape index (κ2) is 6.69. The summed E-state index contributed by atoms with van der Waals surface area (Å²) in [5, 5.41) is 0.471. The first-order chi connectivity index (χ1) is 9.99. The Labute approximate surface area is 126 Å². The number of hydrogen-bond acceptors (Lipinski definition) is 5. The van der Waals surface area contributed by atoms with E-state index in [9.17, 15) is 9.59 Å². The Morgan fingerprint density at radius 2 is 2.24 bits per heavy atom. The molecule has 112 valence electrons. The van der Waals surface area contributed by atoms with Gasteiger partial charge >= 0.3 is 5.97 Å². The first-order valence-electron chi connectivity index (χ1n) is 6.51. The summed E-state index contributed by atoms with van der Waals surface area (Å²) in [5.74, 6) is -0.302. The van der Waals surface area contributed by atoms with Crippen molar-refractivity contribution in [3.05, 3.63) is 45.5 Å². The molecule has 21 heavy (non-hydrogen) atoms. The van der Waals surface area contributed by atoms with E-state index in [2.05, 4.69) is 4.98 Å². The van der Waals surface area contributed by atoms with E-state index in [1.165, 1.54) is 16.7 Å². The molecule has 0 amide bonds. The molecule has 0 fully saturated rings. The highest BCUT2D eigenvalue weighted by molar-refractivity contribution is 6.30. The van der Waals surface area contributed by atoms with E-state index in [1.54, 1.807) is 31.0 Å². The minimum Gasteiger partial charge on any atom is -0.465 e. The largest absolute Gasteiger partial charge is 0.465 e. The van der Waals surface area contributed by atoms with Gasteiger partial charge in [0.25, 0.3) is 5.56 Å². The van der Waals surface area contributed by atoms with Gasteiger partial charge in [-0.2, -0.15) is 0 Å². The van der Waals surface area contributed by atoms with Gasteiger partial charge in [0.1, 0.15) is 5.65 Å². The molecule has 6 nitrogen and oxygen atoms in total. The zero-order valence-corrected chi connectivity index (χ0v) is 12.6. The average molecular weight is 310 g/mol. The number of rotatable bonds is 5. The molecule has 0 N–H and O–H groups in total. The van der Waals surface area contributed by atoms with Crippen LogP contribution in [0.5, 0.6) is 0 Å². The van der Waals surface area contributed by atoms with Gasteiger partial charge in [0, 0.05) is 18.8 Å². The summed E-state index contributed by atoms with van der Waals surface area (Å²) in [5.41, 5.74) is 0.905. The third-order valence-electron chi connectivity index (χ3n) is 2.81. The van der Waals surface area contributed by atoms with Crippen molar-refractivity contribution in [2.45, 2.75) is 13.5 Å². The van der Waals surface area contributed by atoms with Crippen molar-refractivity contribution >= 4 is 23.2 Å². The topological polar surface area (TPSA) is 63.9 Å². The van der Waals surface area contributed by atoms with Crippen LogP contribution in [0.4, 0.5) is 0 Å². The maximum absolute atomic E-state index is 12.0. The molecule has 0 aliphatic heterocycles. The van der Waals surface area contributed by atoms with Crippen molar-refractivity contribution in [3.63, 3.8) is 0 Å². The molecule has 0 radical (unpaired) electrons. The molecule has 0 spiro atoms. The van der Waals surface area contributed by atoms with E-state index in [1.807, 2.05) is 0 Å². The van der Waals surface area contributed by atoms with Crippen LogP contribution in [0.2, 0.25) is 5.02 Å². The molecule has 0 saturated carbocycles. The van der Waals surface area contributed by atoms with Gasteiger partial charge in [0.05, 0.1) is 23.9 Å². The number of aromatic nitrogens is 2. The number of pyridine rings is 1. The normalized spacial score (nSPS) is 11.0. The zero-order chi connectivity index (χ0) is 15.4. The van der Waals surface area contributed by atoms with Gasteiger partial charge in [0.2, 0.25) is 0 Å². The van der Waals surface area contributed by atoms with Crippen LogP contribution >= 0.6 is 11.6 Å². The van der Waals surface area contributed by atoms with E-state index in [0.717, 1.165) is 0 Å². The summed E-state index contributed by atoms with van der Waals surface area (Å²) in [6, 6.07) is 4.79. The second-order valence-electron chi connectivity index (χ2n) is 4.64. The Bertz CT molecular complexity index is 714. The number of carbonyl (C=O) groups is 1. The number of likely N-dealkylation sites (N-methyl/N-ethyl adjacent to an activating group) is 1. The van der Waals surface area contributed by atoms with Gasteiger partial charge < -0.3 is 4.74 Å². The highest BCUT2D eigenvalue weighted by Gasteiger charge is 2.10. The Balaban J connectivity index is 2.18. The third kappa shape index (κ3) is 4.03. The highest BCUT2D eigenvalue weighted by atomic mass is 35.5. The predicted molar refractivity (Wildman–Crippen MR) is 79.4 cm³/mol. The SMILES string of the molecule is CCOC(=O)CN(C)Cc1cc(=O)n2cc(Cl)ccc2n1. The maximum atomic E-state index is 12.0. The monoisotopic (exact) mass is 309 g/mol. The Morgan fingerprint density at radius 1 is 1.48 bits per heavy atom. The lowest BCUT2D eigenvalue weighted by molar-refractivity contribution is -0.144. The summed E-state index contributed by atoms with van der Waals surface area (Å²) < 4.78 is 6.26. The lowest BCUT2D eigenvalue weighted by Gasteiger charge is -2.15. The molecule has 2 aromatic heterocycles. The van der Waals surface area contributed by atoms with Crippen molar-refractivity contribution < 1.29 is 9.53 Å². The molecule has 2 heterocycles. The van der Waals surface area contributed by atoms with E-state index in [4.69, 9.17) is 16.3 Å². The van der Waals surface area contributed by atoms with Gasteiger partial charge in [0.15, 0.2) is 0 Å². The minimum atomic E-state index is -0.302. The van der Waals surface area contributed by atoms with Crippen LogP contribution in [0.15, 0.2) is 29.2 Å². The average Bonchev–Trinajstić information content (AvgIpc) is 2.39. The standard InChI is InChI=1S/C14H16ClN3O3/c1-3-21-14(20)9-17(2)8-11-6-13(19)18-7-10(15)4-5-12(18)16-11/h4-7H,3,8-9H2,1-2H3. The van der Waals surface area contributed by atoms with Gasteiger partial charge in [-0.1, -0.05) is 11.6 Å². The van der Waals surface area contributed by atoms with E-state index in [-0.39, 0.29) is 18.1 Å². The Hall–Kier alpha value is -1.92. The fraction of sp³-hybridized carbons (Fsp3) is 0.357. The molecule has 0 aliphatic rings. The molecule has 0 saturated heterocycles. The molecule has 7 heteroatoms. The van der Waals surface area contributed by atoms with E-state index in [0.29, 0.717) is 29.5 Å². The third-order valence-corrected chi connectivity index (χ3v) is 3.04. The van der Waals surface area contributed by atoms with Gasteiger partial charge in [-0.15, -0.1) is 0 Å². The predicted octanol–water partition coefficient (Wildman–Crippen LogP) is 1.34. The number of carbonyl (C=O) groups excluding carboxylic acids is 1. The van der Waals surface area contributed by atoms with Crippen LogP contribution in [0.25, 0.3) is 5.65 Å². The number of esters is 1. The zero-order valence-electron chi connectivity index (χ0n) is 11.9. The van der Waals surface area contributed by atoms with Gasteiger partial charge in [-0.05, 0) is 26.1 Å². The van der Waals surface area contributed by atoms with Crippen LogP contribution in [-0.4, -0.2) is 40.5 Å². The summed E-state index contributed by atoms with van der Waals surface area (Å²) >= 11 is 5.85. The fourth-order valence-electron chi connectivity index (χ4n) is 1.97.